The van der Waals surface area contributed by atoms with Crippen LogP contribution in [0.5, 0.6) is 0 Å². The van der Waals surface area contributed by atoms with Crippen molar-refractivity contribution < 1.29 is 14.6 Å². The van der Waals surface area contributed by atoms with Gasteiger partial charge in [-0.2, -0.15) is 0 Å². The summed E-state index contributed by atoms with van der Waals surface area (Å²) in [7, 11) is 0. The minimum atomic E-state index is -0.816. The summed E-state index contributed by atoms with van der Waals surface area (Å²) in [4.78, 5) is 15.1. The average Bonchev–Trinajstić information content (AvgIpc) is 2.48. The zero-order valence-corrected chi connectivity index (χ0v) is 11.3. The van der Waals surface area contributed by atoms with Crippen LogP contribution >= 0.6 is 0 Å². The van der Waals surface area contributed by atoms with Gasteiger partial charge in [-0.1, -0.05) is 30.3 Å². The van der Waals surface area contributed by atoms with Gasteiger partial charge in [0, 0.05) is 6.20 Å². The van der Waals surface area contributed by atoms with E-state index in [9.17, 15) is 4.79 Å². The van der Waals surface area contributed by atoms with Crippen LogP contribution < -0.4 is 0 Å². The van der Waals surface area contributed by atoms with Crippen molar-refractivity contribution in [2.45, 2.75) is 26.1 Å². The molecule has 104 valence electrons. The van der Waals surface area contributed by atoms with Crippen LogP contribution in [0.15, 0.2) is 48.7 Å². The molecule has 0 aliphatic carbocycles. The monoisotopic (exact) mass is 271 g/mol. The fourth-order valence-corrected chi connectivity index (χ4v) is 1.80. The third-order valence-electron chi connectivity index (χ3n) is 3.09. The van der Waals surface area contributed by atoms with Crippen LogP contribution in [0.25, 0.3) is 0 Å². The molecular formula is C16H17NO3. The molecule has 20 heavy (non-hydrogen) atoms. The van der Waals surface area contributed by atoms with Crippen LogP contribution in [-0.4, -0.2) is 16.1 Å². The molecule has 1 aromatic heterocycles. The summed E-state index contributed by atoms with van der Waals surface area (Å²) in [6.45, 7) is 2.63. The highest BCUT2D eigenvalue weighted by atomic mass is 16.5. The van der Waals surface area contributed by atoms with Gasteiger partial charge in [0.15, 0.2) is 0 Å². The zero-order valence-electron chi connectivity index (χ0n) is 11.3. The van der Waals surface area contributed by atoms with Crippen molar-refractivity contribution in [3.63, 3.8) is 0 Å². The Kier molecular flexibility index (Phi) is 4.85. The van der Waals surface area contributed by atoms with Gasteiger partial charge in [0.2, 0.25) is 0 Å². The number of carboxylic acids is 1. The maximum atomic E-state index is 10.9. The predicted molar refractivity (Wildman–Crippen MR) is 75.2 cm³/mol. The van der Waals surface area contributed by atoms with Crippen LogP contribution in [-0.2, 0) is 22.7 Å². The van der Waals surface area contributed by atoms with Crippen LogP contribution in [0.2, 0.25) is 0 Å². The lowest BCUT2D eigenvalue weighted by atomic mass is 10.0. The van der Waals surface area contributed by atoms with E-state index in [2.05, 4.69) is 4.98 Å². The van der Waals surface area contributed by atoms with Crippen molar-refractivity contribution in [1.82, 2.24) is 4.98 Å². The van der Waals surface area contributed by atoms with E-state index in [0.717, 1.165) is 16.8 Å². The van der Waals surface area contributed by atoms with Gasteiger partial charge in [0.05, 0.1) is 24.8 Å². The summed E-state index contributed by atoms with van der Waals surface area (Å²) in [5, 5.41) is 8.94. The van der Waals surface area contributed by atoms with E-state index in [4.69, 9.17) is 9.84 Å². The third-order valence-corrected chi connectivity index (χ3v) is 3.09. The Morgan fingerprint density at radius 1 is 1.20 bits per heavy atom. The summed E-state index contributed by atoms with van der Waals surface area (Å²) in [5.41, 5.74) is 2.71. The Labute approximate surface area is 118 Å². The van der Waals surface area contributed by atoms with Gasteiger partial charge in [-0.15, -0.1) is 0 Å². The molecule has 1 N–H and O–H groups in total. The highest BCUT2D eigenvalue weighted by Crippen LogP contribution is 2.16. The van der Waals surface area contributed by atoms with Crippen LogP contribution in [0.3, 0.4) is 0 Å². The molecule has 0 aliphatic heterocycles. The first-order valence-corrected chi connectivity index (χ1v) is 6.46. The highest BCUT2D eigenvalue weighted by molar-refractivity contribution is 5.75. The van der Waals surface area contributed by atoms with E-state index in [-0.39, 0.29) is 0 Å². The van der Waals surface area contributed by atoms with Crippen LogP contribution in [0, 0.1) is 0 Å². The summed E-state index contributed by atoms with van der Waals surface area (Å²) in [5.74, 6) is -1.30. The lowest BCUT2D eigenvalue weighted by molar-refractivity contribution is -0.138. The van der Waals surface area contributed by atoms with Crippen molar-refractivity contribution >= 4 is 5.97 Å². The van der Waals surface area contributed by atoms with Crippen molar-refractivity contribution in [3.8, 4) is 0 Å². The molecule has 0 aliphatic rings. The van der Waals surface area contributed by atoms with E-state index >= 15 is 0 Å². The number of hydrogen-bond donors (Lipinski definition) is 1. The van der Waals surface area contributed by atoms with Gasteiger partial charge < -0.3 is 9.84 Å². The molecule has 4 nitrogen and oxygen atoms in total. The molecule has 2 rings (SSSR count). The minimum Gasteiger partial charge on any atom is -0.481 e. The second kappa shape index (κ2) is 6.82. The number of aromatic nitrogens is 1. The maximum absolute atomic E-state index is 10.9. The second-order valence-corrected chi connectivity index (χ2v) is 4.62. The lowest BCUT2D eigenvalue weighted by Crippen LogP contribution is -2.07. The zero-order chi connectivity index (χ0) is 14.4. The first kappa shape index (κ1) is 14.2. The van der Waals surface area contributed by atoms with Crippen molar-refractivity contribution in [1.29, 1.82) is 0 Å². The first-order chi connectivity index (χ1) is 9.66. The summed E-state index contributed by atoms with van der Waals surface area (Å²) < 4.78 is 5.57. The number of aliphatic carboxylic acids is 1. The summed E-state index contributed by atoms with van der Waals surface area (Å²) in [6.07, 6.45) is 1.74. The van der Waals surface area contributed by atoms with E-state index in [1.165, 1.54) is 0 Å². The average molecular weight is 271 g/mol. The molecule has 2 aromatic rings. The summed E-state index contributed by atoms with van der Waals surface area (Å²) in [6, 6.07) is 13.2. The predicted octanol–water partition coefficient (Wildman–Crippen LogP) is 2.99. The molecule has 0 saturated carbocycles. The van der Waals surface area contributed by atoms with Gasteiger partial charge >= 0.3 is 5.97 Å². The maximum Gasteiger partial charge on any atom is 0.310 e. The second-order valence-electron chi connectivity index (χ2n) is 4.62. The quantitative estimate of drug-likeness (QED) is 0.877. The Morgan fingerprint density at radius 3 is 2.55 bits per heavy atom. The lowest BCUT2D eigenvalue weighted by Gasteiger charge is -2.08. The number of rotatable bonds is 6. The third kappa shape index (κ3) is 3.90. The van der Waals surface area contributed by atoms with Gasteiger partial charge in [0.25, 0.3) is 0 Å². The van der Waals surface area contributed by atoms with Crippen molar-refractivity contribution in [2.24, 2.45) is 0 Å². The molecule has 0 amide bonds. The number of benzene rings is 1. The van der Waals surface area contributed by atoms with Crippen LogP contribution in [0.1, 0.15) is 29.7 Å². The topological polar surface area (TPSA) is 59.4 Å². The molecule has 1 unspecified atom stereocenters. The van der Waals surface area contributed by atoms with Crippen molar-refractivity contribution in [3.05, 3.63) is 65.5 Å². The summed E-state index contributed by atoms with van der Waals surface area (Å²) >= 11 is 0. The SMILES string of the molecule is CC(C(=O)O)c1ccc(COCc2ccccn2)cc1. The number of hydrogen-bond acceptors (Lipinski definition) is 3. The number of carboxylic acid groups (broad SMARTS) is 1. The molecule has 0 radical (unpaired) electrons. The molecule has 0 bridgehead atoms. The van der Waals surface area contributed by atoms with E-state index < -0.39 is 11.9 Å². The first-order valence-electron chi connectivity index (χ1n) is 6.46. The van der Waals surface area contributed by atoms with Gasteiger partial charge in [-0.3, -0.25) is 9.78 Å². The van der Waals surface area contributed by atoms with E-state index in [1.54, 1.807) is 13.1 Å². The molecule has 0 spiro atoms. The standard InChI is InChI=1S/C16H17NO3/c1-12(16(18)19)14-7-5-13(6-8-14)10-20-11-15-4-2-3-9-17-15/h2-9,12H,10-11H2,1H3,(H,18,19). The number of nitrogens with zero attached hydrogens (tertiary/aromatic N) is 1. The molecule has 0 saturated heterocycles. The number of ether oxygens (including phenoxy) is 1. The molecule has 1 heterocycles. The van der Waals surface area contributed by atoms with Gasteiger partial charge in [0.1, 0.15) is 0 Å². The Hall–Kier alpha value is -2.20. The largest absolute Gasteiger partial charge is 0.481 e. The molecule has 4 heteroatoms. The highest BCUT2D eigenvalue weighted by Gasteiger charge is 2.12. The van der Waals surface area contributed by atoms with Gasteiger partial charge in [-0.05, 0) is 30.2 Å². The Balaban J connectivity index is 1.86. The number of carbonyl (C=O) groups is 1. The molecule has 1 atom stereocenters. The molecule has 0 fully saturated rings. The smallest absolute Gasteiger partial charge is 0.310 e. The van der Waals surface area contributed by atoms with E-state index in [0.29, 0.717) is 13.2 Å². The Morgan fingerprint density at radius 2 is 1.95 bits per heavy atom. The normalized spacial score (nSPS) is 12.1. The molecule has 1 aromatic carbocycles. The van der Waals surface area contributed by atoms with Crippen LogP contribution in [0.4, 0.5) is 0 Å². The van der Waals surface area contributed by atoms with Crippen molar-refractivity contribution in [2.75, 3.05) is 0 Å². The minimum absolute atomic E-state index is 0.466. The van der Waals surface area contributed by atoms with Gasteiger partial charge in [-0.25, -0.2) is 0 Å². The van der Waals surface area contributed by atoms with E-state index in [1.807, 2.05) is 42.5 Å². The number of pyridine rings is 1. The fraction of sp³-hybridized carbons (Fsp3) is 0.250. The Bertz CT molecular complexity index is 552. The fourth-order valence-electron chi connectivity index (χ4n) is 1.80. The molecular weight excluding hydrogens is 254 g/mol.